The van der Waals surface area contributed by atoms with Crippen molar-refractivity contribution in [2.75, 3.05) is 13.2 Å². The van der Waals surface area contributed by atoms with Gasteiger partial charge in [0, 0.05) is 12.5 Å². The van der Waals surface area contributed by atoms with Crippen LogP contribution >= 0.6 is 0 Å². The lowest BCUT2D eigenvalue weighted by molar-refractivity contribution is -0.148. The molecule has 2 N–H and O–H groups in total. The number of amides is 3. The molecule has 0 spiro atoms. The third-order valence-electron chi connectivity index (χ3n) is 3.93. The van der Waals surface area contributed by atoms with E-state index in [9.17, 15) is 14.4 Å². The lowest BCUT2D eigenvalue weighted by Gasteiger charge is -2.17. The zero-order valence-electron chi connectivity index (χ0n) is 15.3. The van der Waals surface area contributed by atoms with Crippen molar-refractivity contribution >= 4 is 17.9 Å². The second kappa shape index (κ2) is 10.8. The molecule has 2 aromatic rings. The van der Waals surface area contributed by atoms with E-state index in [1.54, 1.807) is 0 Å². The van der Waals surface area contributed by atoms with Crippen molar-refractivity contribution in [2.24, 2.45) is 0 Å². The van der Waals surface area contributed by atoms with Crippen LogP contribution in [0.2, 0.25) is 0 Å². The van der Waals surface area contributed by atoms with Crippen molar-refractivity contribution in [1.29, 1.82) is 0 Å². The fraction of sp³-hybridized carbons (Fsp3) is 0.286. The standard InChI is InChI=1S/C21H24N2O4/c1-2-13-22-21(26)23-19(24)15-27-20(25)14-18(16-9-5-3-6-10-16)17-11-7-4-8-12-17/h3-12,18H,2,13-15H2,1H3,(H2,22,23,24,26). The fourth-order valence-corrected chi connectivity index (χ4v) is 2.62. The van der Waals surface area contributed by atoms with Crippen LogP contribution in [-0.4, -0.2) is 31.1 Å². The highest BCUT2D eigenvalue weighted by molar-refractivity contribution is 5.95. The number of nitrogens with one attached hydrogen (secondary N) is 2. The Bertz CT molecular complexity index is 708. The molecule has 0 saturated heterocycles. The highest BCUT2D eigenvalue weighted by Gasteiger charge is 2.20. The van der Waals surface area contributed by atoms with E-state index in [2.05, 4.69) is 10.6 Å². The summed E-state index contributed by atoms with van der Waals surface area (Å²) in [7, 11) is 0. The number of carbonyl (C=O) groups excluding carboxylic acids is 3. The molecule has 6 nitrogen and oxygen atoms in total. The minimum absolute atomic E-state index is 0.101. The first-order valence-corrected chi connectivity index (χ1v) is 8.93. The molecule has 0 aliphatic rings. The molecule has 142 valence electrons. The Morgan fingerprint density at radius 3 is 2.00 bits per heavy atom. The topological polar surface area (TPSA) is 84.5 Å². The van der Waals surface area contributed by atoms with Crippen LogP contribution in [-0.2, 0) is 14.3 Å². The number of urea groups is 1. The quantitative estimate of drug-likeness (QED) is 0.702. The SMILES string of the molecule is CCCNC(=O)NC(=O)COC(=O)CC(c1ccccc1)c1ccccc1. The summed E-state index contributed by atoms with van der Waals surface area (Å²) in [6.45, 7) is 1.88. The van der Waals surface area contributed by atoms with Gasteiger partial charge in [-0.3, -0.25) is 14.9 Å². The molecule has 0 unspecified atom stereocenters. The van der Waals surface area contributed by atoms with Crippen LogP contribution in [0.5, 0.6) is 0 Å². The van der Waals surface area contributed by atoms with Gasteiger partial charge in [-0.1, -0.05) is 67.6 Å². The second-order valence-electron chi connectivity index (χ2n) is 6.04. The summed E-state index contributed by atoms with van der Waals surface area (Å²) < 4.78 is 5.05. The molecule has 0 fully saturated rings. The van der Waals surface area contributed by atoms with Crippen LogP contribution in [0.15, 0.2) is 60.7 Å². The molecule has 0 atom stereocenters. The molecule has 27 heavy (non-hydrogen) atoms. The monoisotopic (exact) mass is 368 g/mol. The average molecular weight is 368 g/mol. The third kappa shape index (κ3) is 6.93. The maximum atomic E-state index is 12.3. The molecule has 0 bridgehead atoms. The number of benzene rings is 2. The van der Waals surface area contributed by atoms with E-state index in [1.807, 2.05) is 67.6 Å². The van der Waals surface area contributed by atoms with Crippen LogP contribution in [0.1, 0.15) is 36.8 Å². The predicted molar refractivity (Wildman–Crippen MR) is 102 cm³/mol. The summed E-state index contributed by atoms with van der Waals surface area (Å²) in [5, 5.41) is 4.64. The number of esters is 1. The Balaban J connectivity index is 1.93. The van der Waals surface area contributed by atoms with Crippen molar-refractivity contribution < 1.29 is 19.1 Å². The van der Waals surface area contributed by atoms with Gasteiger partial charge in [0.05, 0.1) is 6.42 Å². The zero-order chi connectivity index (χ0) is 19.5. The van der Waals surface area contributed by atoms with Crippen molar-refractivity contribution in [3.63, 3.8) is 0 Å². The minimum Gasteiger partial charge on any atom is -0.456 e. The van der Waals surface area contributed by atoms with Crippen molar-refractivity contribution in [3.05, 3.63) is 71.8 Å². The zero-order valence-corrected chi connectivity index (χ0v) is 15.3. The van der Waals surface area contributed by atoms with Gasteiger partial charge >= 0.3 is 12.0 Å². The van der Waals surface area contributed by atoms with E-state index in [1.165, 1.54) is 0 Å². The van der Waals surface area contributed by atoms with Gasteiger partial charge in [0.25, 0.3) is 5.91 Å². The van der Waals surface area contributed by atoms with E-state index in [0.29, 0.717) is 6.54 Å². The third-order valence-corrected chi connectivity index (χ3v) is 3.93. The van der Waals surface area contributed by atoms with E-state index >= 15 is 0 Å². The summed E-state index contributed by atoms with van der Waals surface area (Å²) >= 11 is 0. The van der Waals surface area contributed by atoms with Gasteiger partial charge < -0.3 is 10.1 Å². The van der Waals surface area contributed by atoms with E-state index < -0.39 is 24.5 Å². The first-order valence-electron chi connectivity index (χ1n) is 8.93. The predicted octanol–water partition coefficient (Wildman–Crippen LogP) is 2.99. The molecule has 6 heteroatoms. The average Bonchev–Trinajstić information content (AvgIpc) is 2.70. The molecule has 0 radical (unpaired) electrons. The van der Waals surface area contributed by atoms with E-state index in [-0.39, 0.29) is 12.3 Å². The lowest BCUT2D eigenvalue weighted by Crippen LogP contribution is -2.41. The van der Waals surface area contributed by atoms with Gasteiger partial charge in [-0.25, -0.2) is 4.79 Å². The molecule has 0 aliphatic heterocycles. The first kappa shape index (κ1) is 20.2. The number of carbonyl (C=O) groups is 3. The molecule has 3 amide bonds. The van der Waals surface area contributed by atoms with Gasteiger partial charge in [-0.15, -0.1) is 0 Å². The van der Waals surface area contributed by atoms with Crippen molar-refractivity contribution in [2.45, 2.75) is 25.7 Å². The van der Waals surface area contributed by atoms with Gasteiger partial charge in [0.1, 0.15) is 0 Å². The molecule has 2 aromatic carbocycles. The largest absolute Gasteiger partial charge is 0.456 e. The molecular weight excluding hydrogens is 344 g/mol. The minimum atomic E-state index is -0.659. The highest BCUT2D eigenvalue weighted by atomic mass is 16.5. The summed E-state index contributed by atoms with van der Waals surface area (Å²) in [6.07, 6.45) is 0.861. The molecular formula is C21H24N2O4. The van der Waals surface area contributed by atoms with Crippen LogP contribution in [0.25, 0.3) is 0 Å². The maximum absolute atomic E-state index is 12.3. The number of imide groups is 1. The van der Waals surface area contributed by atoms with Gasteiger partial charge in [0.15, 0.2) is 6.61 Å². The first-order chi connectivity index (χ1) is 13.1. The van der Waals surface area contributed by atoms with Crippen LogP contribution in [0.3, 0.4) is 0 Å². The molecule has 0 heterocycles. The summed E-state index contributed by atoms with van der Waals surface area (Å²) in [5.41, 5.74) is 1.98. The number of ether oxygens (including phenoxy) is 1. The number of hydrogen-bond donors (Lipinski definition) is 2. The van der Waals surface area contributed by atoms with Crippen LogP contribution in [0.4, 0.5) is 4.79 Å². The van der Waals surface area contributed by atoms with E-state index in [0.717, 1.165) is 17.5 Å². The van der Waals surface area contributed by atoms with Gasteiger partial charge in [-0.2, -0.15) is 0 Å². The summed E-state index contributed by atoms with van der Waals surface area (Å²) in [4.78, 5) is 35.4. The highest BCUT2D eigenvalue weighted by Crippen LogP contribution is 2.28. The van der Waals surface area contributed by atoms with Crippen LogP contribution < -0.4 is 10.6 Å². The van der Waals surface area contributed by atoms with Crippen LogP contribution in [0, 0.1) is 0 Å². The van der Waals surface area contributed by atoms with Gasteiger partial charge in [-0.05, 0) is 17.5 Å². The van der Waals surface area contributed by atoms with E-state index in [4.69, 9.17) is 4.74 Å². The number of rotatable bonds is 8. The van der Waals surface area contributed by atoms with Crippen molar-refractivity contribution in [1.82, 2.24) is 10.6 Å². The Hall–Kier alpha value is -3.15. The normalized spacial score (nSPS) is 10.3. The smallest absolute Gasteiger partial charge is 0.321 e. The number of hydrogen-bond acceptors (Lipinski definition) is 4. The van der Waals surface area contributed by atoms with Crippen molar-refractivity contribution in [3.8, 4) is 0 Å². The Morgan fingerprint density at radius 1 is 0.926 bits per heavy atom. The Morgan fingerprint density at radius 2 is 1.48 bits per heavy atom. The fourth-order valence-electron chi connectivity index (χ4n) is 2.62. The van der Waals surface area contributed by atoms with Gasteiger partial charge in [0.2, 0.25) is 0 Å². The lowest BCUT2D eigenvalue weighted by atomic mass is 9.89. The summed E-state index contributed by atoms with van der Waals surface area (Å²) in [6, 6.07) is 18.7. The Labute approximate surface area is 158 Å². The molecule has 0 aromatic heterocycles. The molecule has 2 rings (SSSR count). The summed E-state index contributed by atoms with van der Waals surface area (Å²) in [5.74, 6) is -1.33. The molecule has 0 aliphatic carbocycles. The maximum Gasteiger partial charge on any atom is 0.321 e. The second-order valence-corrected chi connectivity index (χ2v) is 6.04. The molecule has 0 saturated carbocycles. The Kier molecular flexibility index (Phi) is 8.03.